The zero-order chi connectivity index (χ0) is 15.3. The van der Waals surface area contributed by atoms with Crippen molar-refractivity contribution in [1.82, 2.24) is 0 Å². The van der Waals surface area contributed by atoms with Gasteiger partial charge in [-0.05, 0) is 59.9 Å². The van der Waals surface area contributed by atoms with Gasteiger partial charge in [0.25, 0.3) is 0 Å². The molecule has 0 radical (unpaired) electrons. The van der Waals surface area contributed by atoms with Crippen molar-refractivity contribution in [3.05, 3.63) is 46.0 Å². The van der Waals surface area contributed by atoms with Crippen LogP contribution in [0, 0.1) is 5.41 Å². The number of hydrogen-bond acceptors (Lipinski definition) is 2. The molecule has 2 aliphatic rings. The minimum Gasteiger partial charge on any atom is -0.385 e. The van der Waals surface area contributed by atoms with E-state index in [1.165, 1.54) is 5.56 Å². The summed E-state index contributed by atoms with van der Waals surface area (Å²) < 4.78 is 1.07. The predicted molar refractivity (Wildman–Crippen MR) is 87.2 cm³/mol. The van der Waals surface area contributed by atoms with Gasteiger partial charge in [-0.1, -0.05) is 41.9 Å². The van der Waals surface area contributed by atoms with E-state index < -0.39 is 5.60 Å². The average Bonchev–Trinajstić information content (AvgIpc) is 2.33. The van der Waals surface area contributed by atoms with E-state index in [9.17, 15) is 9.90 Å². The SMILES string of the molecule is CC1(C)CC(=O)C=C(C2(O)CC(c3ccc(Br)cc3)C2)C1. The molecule has 0 amide bonds. The summed E-state index contributed by atoms with van der Waals surface area (Å²) in [5.74, 6) is 0.547. The normalized spacial score (nSPS) is 31.5. The summed E-state index contributed by atoms with van der Waals surface area (Å²) in [6.45, 7) is 4.21. The Kier molecular flexibility index (Phi) is 3.61. The Balaban J connectivity index is 1.74. The number of hydrogen-bond donors (Lipinski definition) is 1. The molecule has 1 aromatic rings. The van der Waals surface area contributed by atoms with E-state index in [4.69, 9.17) is 0 Å². The fourth-order valence-corrected chi connectivity index (χ4v) is 3.90. The van der Waals surface area contributed by atoms with Gasteiger partial charge < -0.3 is 5.11 Å². The molecule has 2 aliphatic carbocycles. The van der Waals surface area contributed by atoms with Crippen LogP contribution in [0.25, 0.3) is 0 Å². The van der Waals surface area contributed by atoms with Gasteiger partial charge in [0.15, 0.2) is 5.78 Å². The van der Waals surface area contributed by atoms with E-state index in [0.29, 0.717) is 12.3 Å². The van der Waals surface area contributed by atoms with Crippen LogP contribution in [0.15, 0.2) is 40.4 Å². The van der Waals surface area contributed by atoms with E-state index in [0.717, 1.165) is 29.3 Å². The smallest absolute Gasteiger partial charge is 0.156 e. The topological polar surface area (TPSA) is 37.3 Å². The van der Waals surface area contributed by atoms with Crippen LogP contribution < -0.4 is 0 Å². The number of aliphatic hydroxyl groups is 1. The predicted octanol–water partition coefficient (Wildman–Crippen LogP) is 4.37. The average molecular weight is 349 g/mol. The Morgan fingerprint density at radius 2 is 1.76 bits per heavy atom. The molecule has 0 aliphatic heterocycles. The highest BCUT2D eigenvalue weighted by atomic mass is 79.9. The third kappa shape index (κ3) is 3.00. The summed E-state index contributed by atoms with van der Waals surface area (Å²) >= 11 is 3.44. The fraction of sp³-hybridized carbons (Fsp3) is 0.500. The standard InChI is InChI=1S/C18H21BrO2/c1-17(2)10-14(7-16(20)11-17)18(21)8-13(9-18)12-3-5-15(19)6-4-12/h3-7,13,21H,8-11H2,1-2H3. The monoisotopic (exact) mass is 348 g/mol. The van der Waals surface area contributed by atoms with Gasteiger partial charge in [0.1, 0.15) is 0 Å². The van der Waals surface area contributed by atoms with Crippen LogP contribution >= 0.6 is 15.9 Å². The molecule has 0 aromatic heterocycles. The van der Waals surface area contributed by atoms with Crippen LogP contribution in [-0.4, -0.2) is 16.5 Å². The number of halogens is 1. The lowest BCUT2D eigenvalue weighted by molar-refractivity contribution is -0.117. The first-order valence-electron chi connectivity index (χ1n) is 7.49. The minimum absolute atomic E-state index is 0.0282. The van der Waals surface area contributed by atoms with Gasteiger partial charge in [-0.3, -0.25) is 4.79 Å². The molecule has 0 atom stereocenters. The van der Waals surface area contributed by atoms with Crippen molar-refractivity contribution < 1.29 is 9.90 Å². The van der Waals surface area contributed by atoms with Crippen LogP contribution in [0.1, 0.15) is 51.0 Å². The minimum atomic E-state index is -0.773. The van der Waals surface area contributed by atoms with Gasteiger partial charge in [-0.15, -0.1) is 0 Å². The molecule has 0 saturated heterocycles. The maximum Gasteiger partial charge on any atom is 0.156 e. The van der Waals surface area contributed by atoms with Gasteiger partial charge in [-0.25, -0.2) is 0 Å². The van der Waals surface area contributed by atoms with Gasteiger partial charge in [0.05, 0.1) is 5.60 Å². The summed E-state index contributed by atoms with van der Waals surface area (Å²) in [5, 5.41) is 10.8. The maximum atomic E-state index is 11.9. The van der Waals surface area contributed by atoms with Crippen molar-refractivity contribution in [1.29, 1.82) is 0 Å². The quantitative estimate of drug-likeness (QED) is 0.861. The van der Waals surface area contributed by atoms with Crippen LogP contribution in [0.2, 0.25) is 0 Å². The van der Waals surface area contributed by atoms with E-state index in [1.807, 2.05) is 12.1 Å². The summed E-state index contributed by atoms with van der Waals surface area (Å²) in [6.07, 6.45) is 4.56. The highest BCUT2D eigenvalue weighted by Crippen LogP contribution is 2.52. The number of rotatable bonds is 2. The third-order valence-corrected chi connectivity index (χ3v) is 5.29. The number of ketones is 1. The number of allylic oxidation sites excluding steroid dienone is 1. The van der Waals surface area contributed by atoms with Crippen molar-refractivity contribution in [3.63, 3.8) is 0 Å². The molecule has 3 heteroatoms. The van der Waals surface area contributed by atoms with Gasteiger partial charge in [0, 0.05) is 10.9 Å². The Labute approximate surface area is 134 Å². The lowest BCUT2D eigenvalue weighted by Crippen LogP contribution is -2.46. The molecule has 0 heterocycles. The molecule has 0 bridgehead atoms. The molecule has 1 fully saturated rings. The van der Waals surface area contributed by atoms with Gasteiger partial charge in [-0.2, -0.15) is 0 Å². The first-order valence-corrected chi connectivity index (χ1v) is 8.28. The zero-order valence-corrected chi connectivity index (χ0v) is 14.1. The molecule has 21 heavy (non-hydrogen) atoms. The van der Waals surface area contributed by atoms with Crippen molar-refractivity contribution in [2.24, 2.45) is 5.41 Å². The summed E-state index contributed by atoms with van der Waals surface area (Å²) in [4.78, 5) is 11.9. The van der Waals surface area contributed by atoms with Crippen LogP contribution in [-0.2, 0) is 4.79 Å². The van der Waals surface area contributed by atoms with Crippen LogP contribution in [0.5, 0.6) is 0 Å². The van der Waals surface area contributed by atoms with E-state index in [1.54, 1.807) is 6.08 Å². The molecule has 3 rings (SSSR count). The van der Waals surface area contributed by atoms with E-state index in [-0.39, 0.29) is 11.2 Å². The van der Waals surface area contributed by atoms with E-state index >= 15 is 0 Å². The third-order valence-electron chi connectivity index (χ3n) is 4.76. The largest absolute Gasteiger partial charge is 0.385 e. The van der Waals surface area contributed by atoms with Crippen molar-refractivity contribution in [2.45, 2.75) is 51.0 Å². The maximum absolute atomic E-state index is 11.9. The van der Waals surface area contributed by atoms with Crippen LogP contribution in [0.3, 0.4) is 0 Å². The second kappa shape index (κ2) is 5.06. The zero-order valence-electron chi connectivity index (χ0n) is 12.5. The second-order valence-electron chi connectivity index (χ2n) is 7.34. The molecule has 2 nitrogen and oxygen atoms in total. The van der Waals surface area contributed by atoms with E-state index in [2.05, 4.69) is 41.9 Å². The summed E-state index contributed by atoms with van der Waals surface area (Å²) in [6, 6.07) is 8.30. The summed E-state index contributed by atoms with van der Waals surface area (Å²) in [7, 11) is 0. The van der Waals surface area contributed by atoms with Crippen molar-refractivity contribution in [3.8, 4) is 0 Å². The second-order valence-corrected chi connectivity index (χ2v) is 8.26. The van der Waals surface area contributed by atoms with Crippen molar-refractivity contribution in [2.75, 3.05) is 0 Å². The lowest BCUT2D eigenvalue weighted by Gasteiger charge is -2.48. The molecule has 1 aromatic carbocycles. The number of carbonyl (C=O) groups excluding carboxylic acids is 1. The first kappa shape index (κ1) is 15.0. The first-order chi connectivity index (χ1) is 9.77. The Bertz CT molecular complexity index is 592. The Morgan fingerprint density at radius 3 is 2.33 bits per heavy atom. The molecule has 0 unspecified atom stereocenters. The van der Waals surface area contributed by atoms with Gasteiger partial charge in [0.2, 0.25) is 0 Å². The van der Waals surface area contributed by atoms with Crippen LogP contribution in [0.4, 0.5) is 0 Å². The highest BCUT2D eigenvalue weighted by molar-refractivity contribution is 9.10. The molecule has 0 spiro atoms. The molecule has 112 valence electrons. The number of benzene rings is 1. The molecule has 1 N–H and O–H groups in total. The van der Waals surface area contributed by atoms with Gasteiger partial charge >= 0.3 is 0 Å². The summed E-state index contributed by atoms with van der Waals surface area (Å²) in [5.41, 5.74) is 1.41. The molecular weight excluding hydrogens is 328 g/mol. The molecule has 1 saturated carbocycles. The molecular formula is C18H21BrO2. The number of carbonyl (C=O) groups is 1. The lowest BCUT2D eigenvalue weighted by atomic mass is 9.60. The Morgan fingerprint density at radius 1 is 1.14 bits per heavy atom. The fourth-order valence-electron chi connectivity index (χ4n) is 3.63. The Hall–Kier alpha value is -0.930. The highest BCUT2D eigenvalue weighted by Gasteiger charge is 2.48. The van der Waals surface area contributed by atoms with Crippen molar-refractivity contribution >= 4 is 21.7 Å².